The van der Waals surface area contributed by atoms with Crippen LogP contribution >= 0.6 is 0 Å². The van der Waals surface area contributed by atoms with Crippen LogP contribution < -0.4 is 0 Å². The first-order valence-corrected chi connectivity index (χ1v) is 20.9. The summed E-state index contributed by atoms with van der Waals surface area (Å²) in [5, 5.41) is 4.52. The molecule has 0 aliphatic carbocycles. The maximum atomic E-state index is 6.93. The number of rotatable bonds is 7. The SMILES string of the molecule is c1ccc(-c2ccc(-c3nc(-c4ccccc4)nc(-c4ccc5c(c4)oc4c(-c6ccccc6-c6cccc7c8ccccc8n(-c8ccccc8)c67)cccc45)n3)cc2)cc1. The van der Waals surface area contributed by atoms with Gasteiger partial charge in [0, 0.05) is 55.0 Å². The third kappa shape index (κ3) is 5.98. The monoisotopic (exact) mass is 792 g/mol. The third-order valence-corrected chi connectivity index (χ3v) is 11.9. The Morgan fingerprint density at radius 3 is 1.53 bits per heavy atom. The average Bonchev–Trinajstić information content (AvgIpc) is 3.90. The van der Waals surface area contributed by atoms with Gasteiger partial charge in [-0.2, -0.15) is 0 Å². The van der Waals surface area contributed by atoms with Crippen LogP contribution in [0.2, 0.25) is 0 Å². The highest BCUT2D eigenvalue weighted by atomic mass is 16.3. The van der Waals surface area contributed by atoms with Crippen molar-refractivity contribution < 1.29 is 4.42 Å². The van der Waals surface area contributed by atoms with Crippen LogP contribution in [0.4, 0.5) is 0 Å². The Morgan fingerprint density at radius 1 is 0.323 bits per heavy atom. The molecule has 0 saturated carbocycles. The van der Waals surface area contributed by atoms with E-state index < -0.39 is 0 Å². The Kier molecular flexibility index (Phi) is 8.42. The molecule has 9 aromatic carbocycles. The van der Waals surface area contributed by atoms with Crippen LogP contribution in [-0.4, -0.2) is 19.5 Å². The number of aromatic nitrogens is 4. The predicted molar refractivity (Wildman–Crippen MR) is 254 cm³/mol. The van der Waals surface area contributed by atoms with Gasteiger partial charge in [0.05, 0.1) is 11.0 Å². The Bertz CT molecular complexity index is 3610. The van der Waals surface area contributed by atoms with Crippen LogP contribution in [0, 0.1) is 0 Å². The Morgan fingerprint density at radius 2 is 0.806 bits per heavy atom. The van der Waals surface area contributed by atoms with Gasteiger partial charge in [-0.05, 0) is 52.6 Å². The van der Waals surface area contributed by atoms with Gasteiger partial charge in [-0.25, -0.2) is 15.0 Å². The molecule has 3 heterocycles. The largest absolute Gasteiger partial charge is 0.455 e. The Balaban J connectivity index is 0.996. The van der Waals surface area contributed by atoms with Crippen LogP contribution in [0.3, 0.4) is 0 Å². The lowest BCUT2D eigenvalue weighted by molar-refractivity contribution is 0.670. The minimum Gasteiger partial charge on any atom is -0.455 e. The van der Waals surface area contributed by atoms with Gasteiger partial charge in [-0.1, -0.05) is 188 Å². The molecule has 0 N–H and O–H groups in total. The van der Waals surface area contributed by atoms with Crippen LogP contribution in [0.5, 0.6) is 0 Å². The molecule has 5 heteroatoms. The molecule has 0 fully saturated rings. The van der Waals surface area contributed by atoms with Gasteiger partial charge in [0.1, 0.15) is 11.2 Å². The first-order chi connectivity index (χ1) is 30.7. The summed E-state index contributed by atoms with van der Waals surface area (Å²) in [5.74, 6) is 1.80. The van der Waals surface area contributed by atoms with Crippen molar-refractivity contribution in [2.24, 2.45) is 0 Å². The molecule has 0 unspecified atom stereocenters. The van der Waals surface area contributed by atoms with Crippen molar-refractivity contribution in [2.45, 2.75) is 0 Å². The van der Waals surface area contributed by atoms with Crippen LogP contribution in [0.25, 0.3) is 117 Å². The van der Waals surface area contributed by atoms with Crippen LogP contribution in [0.1, 0.15) is 0 Å². The maximum absolute atomic E-state index is 6.93. The van der Waals surface area contributed by atoms with Crippen molar-refractivity contribution in [1.82, 2.24) is 19.5 Å². The van der Waals surface area contributed by atoms with Crippen molar-refractivity contribution in [3.8, 4) is 73.2 Å². The van der Waals surface area contributed by atoms with Crippen molar-refractivity contribution >= 4 is 43.7 Å². The predicted octanol–water partition coefficient (Wildman–Crippen LogP) is 14.9. The number of hydrogen-bond acceptors (Lipinski definition) is 4. The lowest BCUT2D eigenvalue weighted by Gasteiger charge is -2.15. The van der Waals surface area contributed by atoms with E-state index in [1.165, 1.54) is 21.8 Å². The van der Waals surface area contributed by atoms with E-state index in [0.717, 1.165) is 77.7 Å². The highest BCUT2D eigenvalue weighted by molar-refractivity contribution is 6.16. The molecule has 290 valence electrons. The van der Waals surface area contributed by atoms with Crippen molar-refractivity contribution in [1.29, 1.82) is 0 Å². The second kappa shape index (κ2) is 14.7. The van der Waals surface area contributed by atoms with Gasteiger partial charge in [-0.3, -0.25) is 0 Å². The number of furan rings is 1. The molecular formula is C57H36N4O. The van der Waals surface area contributed by atoms with E-state index >= 15 is 0 Å². The number of para-hydroxylation sites is 4. The number of hydrogen-bond donors (Lipinski definition) is 0. The second-order valence-electron chi connectivity index (χ2n) is 15.5. The van der Waals surface area contributed by atoms with E-state index in [1.54, 1.807) is 0 Å². The lowest BCUT2D eigenvalue weighted by Crippen LogP contribution is -2.00. The Hall–Kier alpha value is -8.41. The molecule has 5 nitrogen and oxygen atoms in total. The second-order valence-corrected chi connectivity index (χ2v) is 15.5. The van der Waals surface area contributed by atoms with Crippen LogP contribution in [-0.2, 0) is 0 Å². The fraction of sp³-hybridized carbons (Fsp3) is 0. The summed E-state index contributed by atoms with van der Waals surface area (Å²) in [6.45, 7) is 0. The number of benzene rings is 9. The zero-order valence-corrected chi connectivity index (χ0v) is 33.5. The topological polar surface area (TPSA) is 56.7 Å². The Labute approximate surface area is 357 Å². The summed E-state index contributed by atoms with van der Waals surface area (Å²) in [4.78, 5) is 15.1. The summed E-state index contributed by atoms with van der Waals surface area (Å²) in [7, 11) is 0. The molecule has 0 amide bonds. The minimum atomic E-state index is 0.579. The van der Waals surface area contributed by atoms with Crippen molar-refractivity contribution in [3.05, 3.63) is 218 Å². The fourth-order valence-corrected chi connectivity index (χ4v) is 8.98. The van der Waals surface area contributed by atoms with Crippen LogP contribution in [0.15, 0.2) is 223 Å². The molecular weight excluding hydrogens is 757 g/mol. The van der Waals surface area contributed by atoms with Gasteiger partial charge >= 0.3 is 0 Å². The summed E-state index contributed by atoms with van der Waals surface area (Å²) in [6.07, 6.45) is 0. The number of nitrogens with zero attached hydrogens (tertiary/aromatic N) is 4. The molecule has 0 aliphatic heterocycles. The van der Waals surface area contributed by atoms with Gasteiger partial charge in [0.2, 0.25) is 0 Å². The average molecular weight is 793 g/mol. The normalized spacial score (nSPS) is 11.5. The molecule has 62 heavy (non-hydrogen) atoms. The summed E-state index contributed by atoms with van der Waals surface area (Å²) in [6, 6.07) is 76.3. The van der Waals surface area contributed by atoms with Gasteiger partial charge in [0.25, 0.3) is 0 Å². The van der Waals surface area contributed by atoms with Gasteiger partial charge in [0.15, 0.2) is 17.5 Å². The zero-order chi connectivity index (χ0) is 41.0. The molecule has 0 aliphatic rings. The van der Waals surface area contributed by atoms with Crippen molar-refractivity contribution in [2.75, 3.05) is 0 Å². The summed E-state index contributed by atoms with van der Waals surface area (Å²) < 4.78 is 9.33. The smallest absolute Gasteiger partial charge is 0.164 e. The molecule has 0 saturated heterocycles. The quantitative estimate of drug-likeness (QED) is 0.161. The standard InChI is InChI=1S/C57H36N4O/c1-4-16-37(17-5-1)38-30-32-40(33-31-38)56-58-55(39-18-6-2-7-19-39)59-57(60-56)41-34-35-46-50-28-15-27-49(54(50)62-52(46)36-41)44-23-11-10-22-43(44)47-25-14-26-48-45-24-12-13-29-51(45)61(53(47)48)42-20-8-3-9-21-42/h1-36H. The summed E-state index contributed by atoms with van der Waals surface area (Å²) >= 11 is 0. The molecule has 0 bridgehead atoms. The first-order valence-electron chi connectivity index (χ1n) is 20.9. The van der Waals surface area contributed by atoms with E-state index in [9.17, 15) is 0 Å². The molecule has 3 aromatic heterocycles. The number of fused-ring (bicyclic) bond motifs is 6. The van der Waals surface area contributed by atoms with E-state index in [4.69, 9.17) is 19.4 Å². The van der Waals surface area contributed by atoms with Gasteiger partial charge in [-0.15, -0.1) is 0 Å². The molecule has 12 rings (SSSR count). The molecule has 12 aromatic rings. The van der Waals surface area contributed by atoms with E-state index in [-0.39, 0.29) is 0 Å². The zero-order valence-electron chi connectivity index (χ0n) is 33.5. The van der Waals surface area contributed by atoms with E-state index in [0.29, 0.717) is 17.5 Å². The highest BCUT2D eigenvalue weighted by Gasteiger charge is 2.21. The summed E-state index contributed by atoms with van der Waals surface area (Å²) in [5.41, 5.74) is 14.5. The molecule has 0 radical (unpaired) electrons. The lowest BCUT2D eigenvalue weighted by atomic mass is 9.92. The first kappa shape index (κ1) is 35.5. The highest BCUT2D eigenvalue weighted by Crippen LogP contribution is 2.44. The van der Waals surface area contributed by atoms with Crippen molar-refractivity contribution in [3.63, 3.8) is 0 Å². The molecule has 0 atom stereocenters. The fourth-order valence-electron chi connectivity index (χ4n) is 8.98. The third-order valence-electron chi connectivity index (χ3n) is 11.9. The minimum absolute atomic E-state index is 0.579. The van der Waals surface area contributed by atoms with E-state index in [1.807, 2.05) is 36.4 Å². The van der Waals surface area contributed by atoms with E-state index in [2.05, 4.69) is 187 Å². The maximum Gasteiger partial charge on any atom is 0.164 e. The van der Waals surface area contributed by atoms with Gasteiger partial charge < -0.3 is 8.98 Å². The molecule has 0 spiro atoms.